The maximum atomic E-state index is 13.2. The van der Waals surface area contributed by atoms with E-state index in [2.05, 4.69) is 5.32 Å². The van der Waals surface area contributed by atoms with Crippen LogP contribution in [0.15, 0.2) is 66.9 Å². The Kier molecular flexibility index (Phi) is 4.42. The van der Waals surface area contributed by atoms with Gasteiger partial charge >= 0.3 is 0 Å². The van der Waals surface area contributed by atoms with Crippen molar-refractivity contribution in [2.75, 3.05) is 5.32 Å². The van der Waals surface area contributed by atoms with Gasteiger partial charge in [-0.25, -0.2) is 4.98 Å². The molecule has 1 N–H and O–H groups in total. The minimum absolute atomic E-state index is 0.253. The van der Waals surface area contributed by atoms with Crippen LogP contribution >= 0.6 is 11.6 Å². The molecule has 0 fully saturated rings. The number of hydrogen-bond acceptors (Lipinski definition) is 2. The van der Waals surface area contributed by atoms with Gasteiger partial charge in [0.15, 0.2) is 0 Å². The van der Waals surface area contributed by atoms with Gasteiger partial charge in [-0.2, -0.15) is 0 Å². The van der Waals surface area contributed by atoms with E-state index < -0.39 is 0 Å². The van der Waals surface area contributed by atoms with Crippen LogP contribution in [0, 0.1) is 13.8 Å². The zero-order valence-electron chi connectivity index (χ0n) is 15.0. The summed E-state index contributed by atoms with van der Waals surface area (Å²) in [5.74, 6) is -0.253. The smallest absolute Gasteiger partial charge is 0.275 e. The maximum absolute atomic E-state index is 13.2. The average Bonchev–Trinajstić information content (AvgIpc) is 3.03. The Balaban J connectivity index is 1.87. The lowest BCUT2D eigenvalue weighted by atomic mass is 10.1. The lowest BCUT2D eigenvalue weighted by Crippen LogP contribution is -2.15. The van der Waals surface area contributed by atoms with Crippen molar-refractivity contribution in [3.63, 3.8) is 0 Å². The van der Waals surface area contributed by atoms with E-state index in [4.69, 9.17) is 16.6 Å². The normalized spacial score (nSPS) is 10.9. The zero-order chi connectivity index (χ0) is 19.0. The molecule has 4 rings (SSSR count). The molecule has 2 heterocycles. The first-order chi connectivity index (χ1) is 13.0. The van der Waals surface area contributed by atoms with Crippen molar-refractivity contribution >= 4 is 28.8 Å². The van der Waals surface area contributed by atoms with Crippen LogP contribution in [0.3, 0.4) is 0 Å². The van der Waals surface area contributed by atoms with Gasteiger partial charge in [0.05, 0.1) is 10.7 Å². The van der Waals surface area contributed by atoms with E-state index in [1.165, 1.54) is 0 Å². The number of amides is 1. The molecule has 0 aliphatic carbocycles. The molecule has 4 aromatic rings. The summed E-state index contributed by atoms with van der Waals surface area (Å²) in [4.78, 5) is 17.9. The zero-order valence-corrected chi connectivity index (χ0v) is 15.8. The summed E-state index contributed by atoms with van der Waals surface area (Å²) in [6.07, 6.45) is 1.92. The molecule has 0 spiro atoms. The number of fused-ring (bicyclic) bond motifs is 1. The molecule has 27 heavy (non-hydrogen) atoms. The molecule has 4 nitrogen and oxygen atoms in total. The van der Waals surface area contributed by atoms with Crippen LogP contribution in [-0.2, 0) is 0 Å². The molecule has 0 aliphatic rings. The van der Waals surface area contributed by atoms with E-state index in [0.717, 1.165) is 22.3 Å². The predicted octanol–water partition coefficient (Wildman–Crippen LogP) is 5.52. The van der Waals surface area contributed by atoms with Crippen LogP contribution in [0.25, 0.3) is 16.9 Å². The van der Waals surface area contributed by atoms with Crippen LogP contribution in [0.5, 0.6) is 0 Å². The molecule has 0 unspecified atom stereocenters. The minimum atomic E-state index is -0.253. The molecule has 0 saturated carbocycles. The Bertz CT molecular complexity index is 1150. The Morgan fingerprint density at radius 2 is 1.67 bits per heavy atom. The standard InChI is InChI=1S/C22H18ClN3O/c1-14-7-10-16(11-8-14)20-21(26-13-15(2)9-12-19(26)25-20)22(27)24-18-6-4-3-5-17(18)23/h3-13H,1-2H3,(H,24,27). The number of carbonyl (C=O) groups excluding carboxylic acids is 1. The number of anilines is 1. The number of halogens is 1. The highest BCUT2D eigenvalue weighted by molar-refractivity contribution is 6.34. The number of aryl methyl sites for hydroxylation is 2. The third-order valence-electron chi connectivity index (χ3n) is 4.43. The first kappa shape index (κ1) is 17.3. The maximum Gasteiger partial charge on any atom is 0.275 e. The van der Waals surface area contributed by atoms with Crippen LogP contribution in [0.1, 0.15) is 21.6 Å². The van der Waals surface area contributed by atoms with Gasteiger partial charge in [0, 0.05) is 11.8 Å². The molecule has 134 valence electrons. The van der Waals surface area contributed by atoms with Gasteiger partial charge in [0.1, 0.15) is 17.0 Å². The number of benzene rings is 2. The molecule has 0 aliphatic heterocycles. The third kappa shape index (κ3) is 3.32. The van der Waals surface area contributed by atoms with Gasteiger partial charge in [-0.1, -0.05) is 59.6 Å². The van der Waals surface area contributed by atoms with E-state index in [0.29, 0.717) is 22.1 Å². The van der Waals surface area contributed by atoms with Gasteiger partial charge < -0.3 is 5.32 Å². The molecular formula is C22H18ClN3O. The highest BCUT2D eigenvalue weighted by atomic mass is 35.5. The van der Waals surface area contributed by atoms with Gasteiger partial charge in [-0.3, -0.25) is 9.20 Å². The van der Waals surface area contributed by atoms with Crippen molar-refractivity contribution in [2.45, 2.75) is 13.8 Å². The Morgan fingerprint density at radius 1 is 0.963 bits per heavy atom. The minimum Gasteiger partial charge on any atom is -0.319 e. The topological polar surface area (TPSA) is 46.4 Å². The van der Waals surface area contributed by atoms with Gasteiger partial charge in [0.25, 0.3) is 5.91 Å². The van der Waals surface area contributed by atoms with Gasteiger partial charge in [-0.15, -0.1) is 0 Å². The fourth-order valence-electron chi connectivity index (χ4n) is 3.02. The second kappa shape index (κ2) is 6.89. The molecule has 1 amide bonds. The molecule has 5 heteroatoms. The number of imidazole rings is 1. The Labute approximate surface area is 162 Å². The fourth-order valence-corrected chi connectivity index (χ4v) is 3.21. The number of hydrogen-bond donors (Lipinski definition) is 1. The molecule has 0 saturated heterocycles. The molecule has 0 radical (unpaired) electrons. The molecule has 0 atom stereocenters. The van der Waals surface area contributed by atoms with Gasteiger partial charge in [0.2, 0.25) is 0 Å². The van der Waals surface area contributed by atoms with Crippen LogP contribution in [0.4, 0.5) is 5.69 Å². The highest BCUT2D eigenvalue weighted by Gasteiger charge is 2.21. The van der Waals surface area contributed by atoms with E-state index in [1.807, 2.05) is 73.0 Å². The van der Waals surface area contributed by atoms with Crippen LogP contribution in [0.2, 0.25) is 5.02 Å². The summed E-state index contributed by atoms with van der Waals surface area (Å²) >= 11 is 6.21. The van der Waals surface area contributed by atoms with E-state index in [-0.39, 0.29) is 5.91 Å². The number of nitrogens with one attached hydrogen (secondary N) is 1. The lowest BCUT2D eigenvalue weighted by molar-refractivity contribution is 0.102. The van der Waals surface area contributed by atoms with Crippen molar-refractivity contribution in [3.8, 4) is 11.3 Å². The average molecular weight is 376 g/mol. The second-order valence-electron chi connectivity index (χ2n) is 6.54. The predicted molar refractivity (Wildman–Crippen MR) is 110 cm³/mol. The molecule has 0 bridgehead atoms. The van der Waals surface area contributed by atoms with E-state index in [1.54, 1.807) is 12.1 Å². The summed E-state index contributed by atoms with van der Waals surface area (Å²) in [6, 6.07) is 19.1. The number of pyridine rings is 1. The second-order valence-corrected chi connectivity index (χ2v) is 6.95. The summed E-state index contributed by atoms with van der Waals surface area (Å²) in [6.45, 7) is 4.02. The fraction of sp³-hybridized carbons (Fsp3) is 0.0909. The van der Waals surface area contributed by atoms with Gasteiger partial charge in [-0.05, 0) is 37.6 Å². The summed E-state index contributed by atoms with van der Waals surface area (Å²) in [7, 11) is 0. The Hall–Kier alpha value is -3.11. The first-order valence-corrected chi connectivity index (χ1v) is 9.02. The van der Waals surface area contributed by atoms with Crippen molar-refractivity contribution in [2.24, 2.45) is 0 Å². The van der Waals surface area contributed by atoms with E-state index in [9.17, 15) is 4.79 Å². The summed E-state index contributed by atoms with van der Waals surface area (Å²) < 4.78 is 1.83. The summed E-state index contributed by atoms with van der Waals surface area (Å²) in [5, 5.41) is 3.41. The van der Waals surface area contributed by atoms with Crippen molar-refractivity contribution in [1.82, 2.24) is 9.38 Å². The number of rotatable bonds is 3. The number of para-hydroxylation sites is 1. The quantitative estimate of drug-likeness (QED) is 0.512. The first-order valence-electron chi connectivity index (χ1n) is 8.64. The highest BCUT2D eigenvalue weighted by Crippen LogP contribution is 2.27. The van der Waals surface area contributed by atoms with Crippen molar-refractivity contribution in [3.05, 3.63) is 88.7 Å². The van der Waals surface area contributed by atoms with Crippen molar-refractivity contribution in [1.29, 1.82) is 0 Å². The molecule has 2 aromatic heterocycles. The van der Waals surface area contributed by atoms with Crippen molar-refractivity contribution < 1.29 is 4.79 Å². The largest absolute Gasteiger partial charge is 0.319 e. The third-order valence-corrected chi connectivity index (χ3v) is 4.76. The number of aromatic nitrogens is 2. The number of nitrogens with zero attached hydrogens (tertiary/aromatic N) is 2. The molecular weight excluding hydrogens is 358 g/mol. The van der Waals surface area contributed by atoms with Crippen LogP contribution < -0.4 is 5.32 Å². The molecule has 2 aromatic carbocycles. The van der Waals surface area contributed by atoms with E-state index >= 15 is 0 Å². The lowest BCUT2D eigenvalue weighted by Gasteiger charge is -2.09. The van der Waals surface area contributed by atoms with Crippen LogP contribution in [-0.4, -0.2) is 15.3 Å². The monoisotopic (exact) mass is 375 g/mol. The summed E-state index contributed by atoms with van der Waals surface area (Å²) in [5.41, 5.74) is 5.51. The number of carbonyl (C=O) groups is 1. The Morgan fingerprint density at radius 3 is 2.41 bits per heavy atom. The SMILES string of the molecule is Cc1ccc(-c2nc3ccc(C)cn3c2C(=O)Nc2ccccc2Cl)cc1.